The molecule has 4 aliphatic heterocycles. The van der Waals surface area contributed by atoms with E-state index in [-0.39, 0.29) is 36.1 Å². The van der Waals surface area contributed by atoms with Crippen LogP contribution in [0.2, 0.25) is 0 Å². The van der Waals surface area contributed by atoms with E-state index in [4.69, 9.17) is 11.6 Å². The first-order chi connectivity index (χ1) is 21.4. The van der Waals surface area contributed by atoms with Gasteiger partial charge in [-0.15, -0.1) is 0 Å². The number of alkyl halides is 4. The molecule has 2 N–H and O–H groups in total. The van der Waals surface area contributed by atoms with Crippen molar-refractivity contribution < 1.29 is 38.6 Å². The van der Waals surface area contributed by atoms with E-state index in [1.54, 1.807) is 0 Å². The Morgan fingerprint density at radius 3 is 2.76 bits per heavy atom. The van der Waals surface area contributed by atoms with Crippen LogP contribution in [0.25, 0.3) is 22.2 Å². The number of ether oxygens (including phenoxy) is 1. The molecule has 4 fully saturated rings. The minimum absolute atomic E-state index is 0.0240. The summed E-state index contributed by atoms with van der Waals surface area (Å²) in [5.74, 6) is -1.76. The molecule has 8 nitrogen and oxygen atoms in total. The summed E-state index contributed by atoms with van der Waals surface area (Å²) in [4.78, 5) is 15.3. The van der Waals surface area contributed by atoms with Gasteiger partial charge in [-0.05, 0) is 50.4 Å². The van der Waals surface area contributed by atoms with E-state index in [1.165, 1.54) is 0 Å². The largest absolute Gasteiger partial charge is 0.508 e. The number of rotatable bonds is 5. The van der Waals surface area contributed by atoms with Gasteiger partial charge in [0.1, 0.15) is 35.5 Å². The summed E-state index contributed by atoms with van der Waals surface area (Å²) in [6.45, 7) is -4.88. The average molecular weight is 582 g/mol. The van der Waals surface area contributed by atoms with Gasteiger partial charge in [0, 0.05) is 52.6 Å². The molecule has 41 heavy (non-hydrogen) atoms. The molecule has 4 atom stereocenters. The maximum absolute atomic E-state index is 16.4. The second-order valence-electron chi connectivity index (χ2n) is 11.0. The van der Waals surface area contributed by atoms with Crippen LogP contribution in [0.1, 0.15) is 44.5 Å². The first kappa shape index (κ1) is 21.4. The van der Waals surface area contributed by atoms with Crippen LogP contribution in [0.4, 0.5) is 27.8 Å². The smallest absolute Gasteiger partial charge is 0.417 e. The fourth-order valence-corrected chi connectivity index (χ4v) is 6.34. The summed E-state index contributed by atoms with van der Waals surface area (Å²) < 4.78 is 121. The Balaban J connectivity index is 1.38. The molecule has 2 bridgehead atoms. The van der Waals surface area contributed by atoms with Gasteiger partial charge in [-0.2, -0.15) is 23.1 Å². The monoisotopic (exact) mass is 581 g/mol. The maximum Gasteiger partial charge on any atom is 0.417 e. The highest BCUT2D eigenvalue weighted by atomic mass is 19.4. The zero-order valence-electron chi connectivity index (χ0n) is 26.6. The zero-order chi connectivity index (χ0) is 33.0. The Labute approximate surface area is 239 Å². The lowest BCUT2D eigenvalue weighted by atomic mass is 9.95. The van der Waals surface area contributed by atoms with Crippen LogP contribution in [-0.4, -0.2) is 81.4 Å². The number of halogens is 5. The summed E-state index contributed by atoms with van der Waals surface area (Å²) in [5.41, 5.74) is -5.21. The number of hydrogen-bond donors (Lipinski definition) is 2. The van der Waals surface area contributed by atoms with Crippen molar-refractivity contribution >= 4 is 16.7 Å². The van der Waals surface area contributed by atoms with Crippen LogP contribution in [0.3, 0.4) is 0 Å². The van der Waals surface area contributed by atoms with Crippen molar-refractivity contribution in [3.63, 3.8) is 0 Å². The molecular weight excluding hydrogens is 547 g/mol. The molecule has 0 aliphatic carbocycles. The highest BCUT2D eigenvalue weighted by Gasteiger charge is 2.49. The number of aromatic hydroxyl groups is 1. The van der Waals surface area contributed by atoms with Gasteiger partial charge >= 0.3 is 12.2 Å². The molecule has 4 aliphatic rings. The number of nitrogens with zero attached hydrogens (tertiary/aromatic N) is 5. The minimum atomic E-state index is -4.92. The number of pyridine rings is 1. The predicted octanol–water partition coefficient (Wildman–Crippen LogP) is 4.45. The van der Waals surface area contributed by atoms with Crippen molar-refractivity contribution in [2.45, 2.75) is 62.1 Å². The zero-order valence-corrected chi connectivity index (χ0v) is 21.6. The van der Waals surface area contributed by atoms with Gasteiger partial charge in [0.2, 0.25) is 0 Å². The fraction of sp³-hybridized carbons (Fsp3) is 0.536. The molecule has 0 spiro atoms. The normalized spacial score (nSPS) is 33.2. The quantitative estimate of drug-likeness (QED) is 0.428. The third-order valence-electron chi connectivity index (χ3n) is 8.23. The second-order valence-corrected chi connectivity index (χ2v) is 11.0. The van der Waals surface area contributed by atoms with Crippen LogP contribution < -0.4 is 15.0 Å². The molecule has 6 heterocycles. The van der Waals surface area contributed by atoms with Crippen LogP contribution in [0, 0.1) is 5.82 Å². The molecule has 3 aromatic rings. The first-order valence-electron chi connectivity index (χ1n) is 15.8. The summed E-state index contributed by atoms with van der Waals surface area (Å²) in [6.07, 6.45) is -5.82. The first-order valence-corrected chi connectivity index (χ1v) is 13.3. The van der Waals surface area contributed by atoms with Gasteiger partial charge < -0.3 is 20.1 Å². The van der Waals surface area contributed by atoms with Gasteiger partial charge in [0.25, 0.3) is 0 Å². The van der Waals surface area contributed by atoms with Gasteiger partial charge in [0.05, 0.1) is 20.6 Å². The Hall–Kier alpha value is -3.32. The minimum Gasteiger partial charge on any atom is -0.508 e. The second kappa shape index (κ2) is 9.62. The number of nitrogens with one attached hydrogen (secondary N) is 1. The number of benzene rings is 1. The molecule has 218 valence electrons. The topological polar surface area (TPSA) is 86.6 Å². The van der Waals surface area contributed by atoms with Gasteiger partial charge in [-0.25, -0.2) is 8.78 Å². The number of fused-ring (bicyclic) bond motifs is 4. The molecule has 7 rings (SSSR count). The highest BCUT2D eigenvalue weighted by molar-refractivity contribution is 5.92. The van der Waals surface area contributed by atoms with E-state index in [1.807, 2.05) is 4.90 Å². The molecule has 1 aromatic carbocycles. The third-order valence-corrected chi connectivity index (χ3v) is 8.23. The molecule has 0 amide bonds. The highest BCUT2D eigenvalue weighted by Crippen LogP contribution is 2.42. The van der Waals surface area contributed by atoms with Gasteiger partial charge in [0.15, 0.2) is 5.82 Å². The van der Waals surface area contributed by atoms with E-state index in [9.17, 15) is 18.3 Å². The van der Waals surface area contributed by atoms with Crippen molar-refractivity contribution in [1.82, 2.24) is 25.2 Å². The molecular formula is C28H29F5N6O2. The average Bonchev–Trinajstić information content (AvgIpc) is 3.54. The maximum atomic E-state index is 16.4. The van der Waals surface area contributed by atoms with Crippen LogP contribution >= 0.6 is 0 Å². The van der Waals surface area contributed by atoms with E-state index in [0.717, 1.165) is 36.1 Å². The van der Waals surface area contributed by atoms with E-state index in [0.29, 0.717) is 19.2 Å². The van der Waals surface area contributed by atoms with E-state index in [2.05, 4.69) is 20.3 Å². The summed E-state index contributed by atoms with van der Waals surface area (Å²) >= 11 is 0. The fourth-order valence-electron chi connectivity index (χ4n) is 6.34. The van der Waals surface area contributed by atoms with Crippen molar-refractivity contribution in [3.8, 4) is 23.0 Å². The Kier molecular flexibility index (Phi) is 5.02. The Bertz CT molecular complexity index is 1720. The molecule has 13 heteroatoms. The molecule has 0 unspecified atom stereocenters. The van der Waals surface area contributed by atoms with E-state index >= 15 is 8.78 Å². The predicted molar refractivity (Wildman–Crippen MR) is 140 cm³/mol. The molecule has 2 aromatic heterocycles. The van der Waals surface area contributed by atoms with Crippen LogP contribution in [0.15, 0.2) is 24.4 Å². The van der Waals surface area contributed by atoms with Gasteiger partial charge in [-0.1, -0.05) is 0 Å². The van der Waals surface area contributed by atoms with Crippen molar-refractivity contribution in [3.05, 3.63) is 35.8 Å². The number of hydrogen-bond acceptors (Lipinski definition) is 8. The Morgan fingerprint density at radius 2 is 2.00 bits per heavy atom. The SMILES string of the molecule is [2H]C1([2H])CC[C@@]2(C([2H])([2H])Oc3nc(N4C[C@H]5CC[C@@H](C4)N5)c4cnc(-c5cc(O)ccc5C(F)(F)F)c(F)c4n3)C[C@@]([2H])(F)CN12. The lowest BCUT2D eigenvalue weighted by Gasteiger charge is -2.34. The van der Waals surface area contributed by atoms with Crippen molar-refractivity contribution in [2.24, 2.45) is 0 Å². The lowest BCUT2D eigenvalue weighted by Crippen LogP contribution is -2.51. The van der Waals surface area contributed by atoms with Crippen LogP contribution in [-0.2, 0) is 6.18 Å². The molecule has 0 saturated carbocycles. The number of phenols is 1. The van der Waals surface area contributed by atoms with Crippen molar-refractivity contribution in [1.29, 1.82) is 0 Å². The molecule has 4 saturated heterocycles. The van der Waals surface area contributed by atoms with E-state index < -0.39 is 83.8 Å². The number of piperazine rings is 1. The summed E-state index contributed by atoms with van der Waals surface area (Å²) in [5, 5.41) is 13.4. The summed E-state index contributed by atoms with van der Waals surface area (Å²) in [7, 11) is 0. The number of phenolic OH excluding ortho intramolecular Hbond substituents is 1. The number of anilines is 1. The summed E-state index contributed by atoms with van der Waals surface area (Å²) in [6, 6.07) is 1.59. The number of aromatic nitrogens is 3. The van der Waals surface area contributed by atoms with Gasteiger partial charge in [-0.3, -0.25) is 9.88 Å². The lowest BCUT2D eigenvalue weighted by molar-refractivity contribution is -0.137. The Morgan fingerprint density at radius 1 is 1.22 bits per heavy atom. The molecule has 0 radical (unpaired) electrons. The standard InChI is InChI=1S/C28H29F5N6O2/c29-15-9-27(6-1-7-39(27)11-15)14-41-26-36-24-20(25(37-26)38-12-16-2-3-17(13-38)35-16)10-34-23(22(24)30)19-8-18(40)4-5-21(19)28(31,32)33/h4-5,8,10,15-17,35,40H,1-3,6-7,9,11-14H2/t15-,16-,17+,27+/m1/s1/i7D2,14D2,15D. The van der Waals surface area contributed by atoms with Crippen molar-refractivity contribution in [2.75, 3.05) is 37.6 Å². The third kappa shape index (κ3) is 4.62. The van der Waals surface area contributed by atoms with Crippen LogP contribution in [0.5, 0.6) is 11.8 Å².